The Morgan fingerprint density at radius 1 is 1.56 bits per heavy atom. The first-order valence-corrected chi connectivity index (χ1v) is 7.27. The van der Waals surface area contributed by atoms with Crippen molar-refractivity contribution in [2.24, 2.45) is 11.8 Å². The summed E-state index contributed by atoms with van der Waals surface area (Å²) in [5.74, 6) is -0.628. The van der Waals surface area contributed by atoms with Crippen molar-refractivity contribution < 1.29 is 9.90 Å². The number of nitrogens with one attached hydrogen (secondary N) is 1. The van der Waals surface area contributed by atoms with Gasteiger partial charge in [-0.3, -0.25) is 4.79 Å². The second-order valence-electron chi connectivity index (χ2n) is 4.88. The van der Waals surface area contributed by atoms with Crippen molar-refractivity contribution >= 4 is 17.3 Å². The number of aliphatic carboxylic acids is 1. The maximum Gasteiger partial charge on any atom is 0.307 e. The van der Waals surface area contributed by atoms with Gasteiger partial charge >= 0.3 is 5.97 Å². The van der Waals surface area contributed by atoms with Crippen molar-refractivity contribution in [1.82, 2.24) is 10.3 Å². The molecular weight excluding hydrogens is 248 g/mol. The Morgan fingerprint density at radius 3 is 2.78 bits per heavy atom. The highest BCUT2D eigenvalue weighted by Crippen LogP contribution is 2.12. The molecule has 4 nitrogen and oxygen atoms in total. The molecule has 1 aromatic heterocycles. The van der Waals surface area contributed by atoms with Crippen molar-refractivity contribution in [3.8, 4) is 0 Å². The maximum atomic E-state index is 11.1. The second-order valence-corrected chi connectivity index (χ2v) is 5.82. The van der Waals surface area contributed by atoms with Crippen molar-refractivity contribution in [2.75, 3.05) is 6.54 Å². The Hall–Kier alpha value is -0.940. The van der Waals surface area contributed by atoms with Crippen LogP contribution in [-0.2, 0) is 17.8 Å². The molecule has 1 atom stereocenters. The van der Waals surface area contributed by atoms with Crippen LogP contribution in [0.1, 0.15) is 37.9 Å². The van der Waals surface area contributed by atoms with E-state index in [4.69, 9.17) is 5.11 Å². The Balaban J connectivity index is 2.36. The van der Waals surface area contributed by atoms with E-state index in [0.717, 1.165) is 17.1 Å². The number of aromatic nitrogens is 1. The molecule has 1 aromatic rings. The lowest BCUT2D eigenvalue weighted by molar-refractivity contribution is -0.142. The summed E-state index contributed by atoms with van der Waals surface area (Å²) in [7, 11) is 0. The maximum absolute atomic E-state index is 11.1. The van der Waals surface area contributed by atoms with E-state index >= 15 is 0 Å². The van der Waals surface area contributed by atoms with Gasteiger partial charge in [0.1, 0.15) is 0 Å². The Kier molecular flexibility index (Phi) is 6.29. The molecule has 0 radical (unpaired) electrons. The molecule has 1 heterocycles. The van der Waals surface area contributed by atoms with Gasteiger partial charge in [0, 0.05) is 18.5 Å². The number of rotatable bonds is 8. The van der Waals surface area contributed by atoms with Crippen LogP contribution in [0.5, 0.6) is 0 Å². The molecule has 1 rings (SSSR count). The van der Waals surface area contributed by atoms with Gasteiger partial charge in [0.25, 0.3) is 0 Å². The third-order valence-electron chi connectivity index (χ3n) is 2.70. The number of nitrogens with zero attached hydrogens (tertiary/aromatic N) is 1. The molecule has 102 valence electrons. The number of carboxylic acid groups (broad SMARTS) is 1. The zero-order chi connectivity index (χ0) is 13.5. The summed E-state index contributed by atoms with van der Waals surface area (Å²) < 4.78 is 0. The summed E-state index contributed by atoms with van der Waals surface area (Å²) in [5.41, 5.74) is 1.01. The molecule has 0 aliphatic heterocycles. The predicted molar refractivity (Wildman–Crippen MR) is 73.8 cm³/mol. The number of carboxylic acids is 1. The lowest BCUT2D eigenvalue weighted by Gasteiger charge is -2.14. The van der Waals surface area contributed by atoms with Crippen molar-refractivity contribution in [1.29, 1.82) is 0 Å². The Morgan fingerprint density at radius 2 is 2.28 bits per heavy atom. The van der Waals surface area contributed by atoms with E-state index in [0.29, 0.717) is 25.4 Å². The number of carbonyl (C=O) groups is 1. The minimum Gasteiger partial charge on any atom is -0.481 e. The van der Waals surface area contributed by atoms with E-state index < -0.39 is 5.97 Å². The second kappa shape index (κ2) is 7.48. The SMILES string of the molecule is CCc1nc(CNCC(CC(C)C)C(=O)O)cs1. The average Bonchev–Trinajstić information content (AvgIpc) is 2.75. The highest BCUT2D eigenvalue weighted by Gasteiger charge is 2.18. The molecule has 18 heavy (non-hydrogen) atoms. The molecule has 2 N–H and O–H groups in total. The number of hydrogen-bond acceptors (Lipinski definition) is 4. The summed E-state index contributed by atoms with van der Waals surface area (Å²) in [6, 6.07) is 0. The van der Waals surface area contributed by atoms with E-state index in [2.05, 4.69) is 17.2 Å². The van der Waals surface area contributed by atoms with Crippen LogP contribution in [0.2, 0.25) is 0 Å². The number of thiazole rings is 1. The monoisotopic (exact) mass is 270 g/mol. The number of aryl methyl sites for hydroxylation is 1. The van der Waals surface area contributed by atoms with Gasteiger partial charge < -0.3 is 10.4 Å². The van der Waals surface area contributed by atoms with Crippen molar-refractivity contribution in [3.63, 3.8) is 0 Å². The molecule has 0 aromatic carbocycles. The van der Waals surface area contributed by atoms with E-state index in [-0.39, 0.29) is 5.92 Å². The topological polar surface area (TPSA) is 62.2 Å². The minimum absolute atomic E-state index is 0.311. The molecule has 0 fully saturated rings. The molecular formula is C13H22N2O2S. The zero-order valence-electron chi connectivity index (χ0n) is 11.3. The summed E-state index contributed by atoms with van der Waals surface area (Å²) in [4.78, 5) is 15.5. The van der Waals surface area contributed by atoms with Crippen LogP contribution in [-0.4, -0.2) is 22.6 Å². The molecule has 1 unspecified atom stereocenters. The van der Waals surface area contributed by atoms with Crippen LogP contribution < -0.4 is 5.32 Å². The van der Waals surface area contributed by atoms with Gasteiger partial charge in [0.2, 0.25) is 0 Å². The van der Waals surface area contributed by atoms with Crippen molar-refractivity contribution in [2.45, 2.75) is 40.2 Å². The quantitative estimate of drug-likeness (QED) is 0.762. The molecule has 0 saturated carbocycles. The van der Waals surface area contributed by atoms with E-state index in [1.165, 1.54) is 0 Å². The lowest BCUT2D eigenvalue weighted by Crippen LogP contribution is -2.29. The number of hydrogen-bond donors (Lipinski definition) is 2. The lowest BCUT2D eigenvalue weighted by atomic mass is 9.97. The summed E-state index contributed by atoms with van der Waals surface area (Å²) in [6.45, 7) is 7.33. The van der Waals surface area contributed by atoms with E-state index in [9.17, 15) is 4.79 Å². The predicted octanol–water partition coefficient (Wildman–Crippen LogP) is 2.54. The third-order valence-corrected chi connectivity index (χ3v) is 3.75. The molecule has 0 saturated heterocycles. The molecule has 0 aliphatic rings. The van der Waals surface area contributed by atoms with Crippen LogP contribution in [0.4, 0.5) is 0 Å². The van der Waals surface area contributed by atoms with Gasteiger partial charge in [-0.25, -0.2) is 4.98 Å². The molecule has 0 bridgehead atoms. The van der Waals surface area contributed by atoms with Crippen molar-refractivity contribution in [3.05, 3.63) is 16.1 Å². The first kappa shape index (κ1) is 15.1. The highest BCUT2D eigenvalue weighted by atomic mass is 32.1. The van der Waals surface area contributed by atoms with Gasteiger partial charge in [0.15, 0.2) is 0 Å². The van der Waals surface area contributed by atoms with Crippen LogP contribution in [0, 0.1) is 11.8 Å². The average molecular weight is 270 g/mol. The summed E-state index contributed by atoms with van der Waals surface area (Å²) in [6.07, 6.45) is 1.66. The van der Waals surface area contributed by atoms with E-state index in [1.807, 2.05) is 19.2 Å². The van der Waals surface area contributed by atoms with Crippen LogP contribution in [0.15, 0.2) is 5.38 Å². The molecule has 5 heteroatoms. The smallest absolute Gasteiger partial charge is 0.307 e. The van der Waals surface area contributed by atoms with Gasteiger partial charge in [0.05, 0.1) is 16.6 Å². The van der Waals surface area contributed by atoms with Gasteiger partial charge in [-0.1, -0.05) is 20.8 Å². The van der Waals surface area contributed by atoms with E-state index in [1.54, 1.807) is 11.3 Å². The first-order valence-electron chi connectivity index (χ1n) is 6.39. The normalized spacial score (nSPS) is 12.9. The van der Waals surface area contributed by atoms with Crippen LogP contribution in [0.25, 0.3) is 0 Å². The Labute approximate surface area is 112 Å². The fourth-order valence-electron chi connectivity index (χ4n) is 1.81. The Bertz CT molecular complexity index is 377. The van der Waals surface area contributed by atoms with Gasteiger partial charge in [-0.15, -0.1) is 11.3 Å². The minimum atomic E-state index is -0.719. The largest absolute Gasteiger partial charge is 0.481 e. The molecule has 0 amide bonds. The third kappa shape index (κ3) is 5.14. The molecule has 0 aliphatic carbocycles. The van der Waals surface area contributed by atoms with Crippen LogP contribution >= 0.6 is 11.3 Å². The summed E-state index contributed by atoms with van der Waals surface area (Å²) in [5, 5.41) is 15.5. The van der Waals surface area contributed by atoms with Gasteiger partial charge in [-0.05, 0) is 18.8 Å². The van der Waals surface area contributed by atoms with Crippen LogP contribution in [0.3, 0.4) is 0 Å². The molecule has 0 spiro atoms. The van der Waals surface area contributed by atoms with Gasteiger partial charge in [-0.2, -0.15) is 0 Å². The highest BCUT2D eigenvalue weighted by molar-refractivity contribution is 7.09. The zero-order valence-corrected chi connectivity index (χ0v) is 12.1. The first-order chi connectivity index (χ1) is 8.52. The fraction of sp³-hybridized carbons (Fsp3) is 0.692. The standard InChI is InChI=1S/C13H22N2O2S/c1-4-12-15-11(8-18-12)7-14-6-10(13(16)17)5-9(2)3/h8-10,14H,4-7H2,1-3H3,(H,16,17). The fourth-order valence-corrected chi connectivity index (χ4v) is 2.55. The summed E-state index contributed by atoms with van der Waals surface area (Å²) >= 11 is 1.66.